The highest BCUT2D eigenvalue weighted by atomic mass is 32.1. The minimum Gasteiger partial charge on any atom is -0.496 e. The van der Waals surface area contributed by atoms with Crippen molar-refractivity contribution in [3.63, 3.8) is 0 Å². The fourth-order valence-electron chi connectivity index (χ4n) is 4.39. The number of hydrogen-bond donors (Lipinski definition) is 1. The Labute approximate surface area is 191 Å². The van der Waals surface area contributed by atoms with E-state index in [1.807, 2.05) is 35.7 Å². The first kappa shape index (κ1) is 21.0. The summed E-state index contributed by atoms with van der Waals surface area (Å²) in [4.78, 5) is 20.3. The van der Waals surface area contributed by atoms with Crippen LogP contribution < -0.4 is 15.0 Å². The number of thiophene rings is 1. The molecule has 0 radical (unpaired) electrons. The standard InChI is InChI=1S/C25H27N3O3S/c1-27-9-11-28(12-10-27)13-14-31-18-5-3-4-17(16-18)22-21(30-2)7-6-20-23(22)19-8-15-32-24(19)25(29)26-20/h3-8,15-16H,9-14H2,1-2H3,(H,26,29). The number of H-pyrrole nitrogens is 1. The average molecular weight is 450 g/mol. The van der Waals surface area contributed by atoms with Crippen molar-refractivity contribution in [2.24, 2.45) is 0 Å². The lowest BCUT2D eigenvalue weighted by molar-refractivity contribution is 0.134. The molecular formula is C25H27N3O3S. The number of pyridine rings is 1. The van der Waals surface area contributed by atoms with E-state index in [9.17, 15) is 4.79 Å². The molecule has 1 fully saturated rings. The van der Waals surface area contributed by atoms with E-state index in [0.29, 0.717) is 6.61 Å². The second kappa shape index (κ2) is 8.94. The van der Waals surface area contributed by atoms with Gasteiger partial charge in [0, 0.05) is 54.6 Å². The van der Waals surface area contributed by atoms with Crippen molar-refractivity contribution in [2.45, 2.75) is 0 Å². The van der Waals surface area contributed by atoms with Crippen LogP contribution in [0, 0.1) is 0 Å². The van der Waals surface area contributed by atoms with E-state index < -0.39 is 0 Å². The van der Waals surface area contributed by atoms with Gasteiger partial charge >= 0.3 is 0 Å². The van der Waals surface area contributed by atoms with Gasteiger partial charge in [0.05, 0.1) is 7.11 Å². The molecule has 1 N–H and O–H groups in total. The predicted molar refractivity (Wildman–Crippen MR) is 131 cm³/mol. The molecule has 3 heterocycles. The third-order valence-electron chi connectivity index (χ3n) is 6.17. The molecule has 0 amide bonds. The van der Waals surface area contributed by atoms with E-state index in [4.69, 9.17) is 9.47 Å². The van der Waals surface area contributed by atoms with Crippen LogP contribution in [0.3, 0.4) is 0 Å². The van der Waals surface area contributed by atoms with Crippen molar-refractivity contribution >= 4 is 32.3 Å². The number of methoxy groups -OCH3 is 1. The number of nitrogens with zero attached hydrogens (tertiary/aromatic N) is 2. The number of benzene rings is 2. The molecule has 2 aromatic carbocycles. The van der Waals surface area contributed by atoms with E-state index in [0.717, 1.165) is 76.3 Å². The molecule has 1 aliphatic heterocycles. The van der Waals surface area contributed by atoms with Gasteiger partial charge in [-0.1, -0.05) is 12.1 Å². The zero-order valence-electron chi connectivity index (χ0n) is 18.4. The molecular weight excluding hydrogens is 422 g/mol. The van der Waals surface area contributed by atoms with Crippen molar-refractivity contribution in [2.75, 3.05) is 53.5 Å². The molecule has 1 saturated heterocycles. The van der Waals surface area contributed by atoms with Crippen molar-refractivity contribution in [3.05, 3.63) is 58.2 Å². The van der Waals surface area contributed by atoms with Crippen LogP contribution in [0.2, 0.25) is 0 Å². The van der Waals surface area contributed by atoms with Crippen molar-refractivity contribution < 1.29 is 9.47 Å². The smallest absolute Gasteiger partial charge is 0.266 e. The third-order valence-corrected chi connectivity index (χ3v) is 7.08. The molecule has 4 aromatic rings. The Morgan fingerprint density at radius 3 is 2.75 bits per heavy atom. The van der Waals surface area contributed by atoms with Crippen LogP contribution >= 0.6 is 11.3 Å². The maximum atomic E-state index is 12.5. The summed E-state index contributed by atoms with van der Waals surface area (Å²) in [5.41, 5.74) is 2.72. The highest BCUT2D eigenvalue weighted by Crippen LogP contribution is 2.41. The minimum absolute atomic E-state index is 0.0559. The summed E-state index contributed by atoms with van der Waals surface area (Å²) in [5.74, 6) is 1.60. The van der Waals surface area contributed by atoms with E-state index in [1.54, 1.807) is 7.11 Å². The Kier molecular flexibility index (Phi) is 5.87. The number of aromatic amines is 1. The summed E-state index contributed by atoms with van der Waals surface area (Å²) in [6.07, 6.45) is 0. The number of fused-ring (bicyclic) bond motifs is 3. The summed E-state index contributed by atoms with van der Waals surface area (Å²) in [6, 6.07) is 14.0. The van der Waals surface area contributed by atoms with Crippen molar-refractivity contribution in [1.29, 1.82) is 0 Å². The van der Waals surface area contributed by atoms with Crippen LogP contribution in [0.5, 0.6) is 11.5 Å². The van der Waals surface area contributed by atoms with Gasteiger partial charge in [0.2, 0.25) is 0 Å². The van der Waals surface area contributed by atoms with Crippen LogP contribution in [0.1, 0.15) is 0 Å². The summed E-state index contributed by atoms with van der Waals surface area (Å²) in [6.45, 7) is 5.96. The number of nitrogens with one attached hydrogen (secondary N) is 1. The molecule has 1 aliphatic rings. The van der Waals surface area contributed by atoms with Crippen LogP contribution in [0.15, 0.2) is 52.6 Å². The Morgan fingerprint density at radius 1 is 1.09 bits per heavy atom. The van der Waals surface area contributed by atoms with Gasteiger partial charge in [-0.2, -0.15) is 0 Å². The molecule has 0 spiro atoms. The lowest BCUT2D eigenvalue weighted by Crippen LogP contribution is -2.45. The maximum Gasteiger partial charge on any atom is 0.266 e. The average Bonchev–Trinajstić information content (AvgIpc) is 3.31. The minimum atomic E-state index is -0.0559. The Hall–Kier alpha value is -2.87. The highest BCUT2D eigenvalue weighted by Gasteiger charge is 2.17. The van der Waals surface area contributed by atoms with Gasteiger partial charge in [-0.3, -0.25) is 9.69 Å². The second-order valence-electron chi connectivity index (χ2n) is 8.20. The van der Waals surface area contributed by atoms with Gasteiger partial charge in [0.1, 0.15) is 22.8 Å². The summed E-state index contributed by atoms with van der Waals surface area (Å²) in [7, 11) is 3.85. The molecule has 6 nitrogen and oxygen atoms in total. The first-order chi connectivity index (χ1) is 15.6. The van der Waals surface area contributed by atoms with Crippen LogP contribution in [0.4, 0.5) is 0 Å². The fraction of sp³-hybridized carbons (Fsp3) is 0.320. The number of hydrogen-bond acceptors (Lipinski definition) is 6. The van der Waals surface area contributed by atoms with E-state index >= 15 is 0 Å². The lowest BCUT2D eigenvalue weighted by Gasteiger charge is -2.32. The van der Waals surface area contributed by atoms with Crippen LogP contribution in [-0.4, -0.2) is 68.3 Å². The second-order valence-corrected chi connectivity index (χ2v) is 9.12. The Morgan fingerprint density at radius 2 is 1.94 bits per heavy atom. The Balaban J connectivity index is 1.47. The lowest BCUT2D eigenvalue weighted by atomic mass is 9.97. The molecule has 0 aliphatic carbocycles. The number of rotatable bonds is 6. The van der Waals surface area contributed by atoms with Gasteiger partial charge < -0.3 is 19.4 Å². The van der Waals surface area contributed by atoms with Gasteiger partial charge in [-0.25, -0.2) is 0 Å². The maximum absolute atomic E-state index is 12.5. The molecule has 2 aromatic heterocycles. The van der Waals surface area contributed by atoms with E-state index in [2.05, 4.69) is 34.0 Å². The number of likely N-dealkylation sites (N-methyl/N-ethyl adjacent to an activating group) is 1. The quantitative estimate of drug-likeness (QED) is 0.481. The first-order valence-corrected chi connectivity index (χ1v) is 11.8. The molecule has 0 saturated carbocycles. The third kappa shape index (κ3) is 3.99. The summed E-state index contributed by atoms with van der Waals surface area (Å²) in [5, 5.41) is 3.90. The number of ether oxygens (including phenoxy) is 2. The van der Waals surface area contributed by atoms with Gasteiger partial charge in [0.25, 0.3) is 5.56 Å². The summed E-state index contributed by atoms with van der Waals surface area (Å²) < 4.78 is 12.6. The topological polar surface area (TPSA) is 57.8 Å². The van der Waals surface area contributed by atoms with Crippen molar-refractivity contribution in [1.82, 2.24) is 14.8 Å². The predicted octanol–water partition coefficient (Wildman–Crippen LogP) is 4.04. The molecule has 5 rings (SSSR count). The Bertz CT molecular complexity index is 1310. The number of aromatic nitrogens is 1. The SMILES string of the molecule is COc1ccc2[nH]c(=O)c3sccc3c2c1-c1cccc(OCCN2CCN(C)CC2)c1. The zero-order chi connectivity index (χ0) is 22.1. The summed E-state index contributed by atoms with van der Waals surface area (Å²) >= 11 is 1.46. The fourth-order valence-corrected chi connectivity index (χ4v) is 5.19. The van der Waals surface area contributed by atoms with Crippen molar-refractivity contribution in [3.8, 4) is 22.6 Å². The normalized spacial score (nSPS) is 15.4. The largest absolute Gasteiger partial charge is 0.496 e. The molecule has 0 unspecified atom stereocenters. The number of piperazine rings is 1. The molecule has 32 heavy (non-hydrogen) atoms. The van der Waals surface area contributed by atoms with Gasteiger partial charge in [-0.05, 0) is 48.3 Å². The van der Waals surface area contributed by atoms with Gasteiger partial charge in [0.15, 0.2) is 0 Å². The van der Waals surface area contributed by atoms with Crippen LogP contribution in [-0.2, 0) is 0 Å². The molecule has 0 atom stereocenters. The molecule has 0 bridgehead atoms. The highest BCUT2D eigenvalue weighted by molar-refractivity contribution is 7.17. The zero-order valence-corrected chi connectivity index (χ0v) is 19.2. The molecule has 7 heteroatoms. The first-order valence-electron chi connectivity index (χ1n) is 10.9. The monoisotopic (exact) mass is 449 g/mol. The molecule has 166 valence electrons. The van der Waals surface area contributed by atoms with Gasteiger partial charge in [-0.15, -0.1) is 11.3 Å². The van der Waals surface area contributed by atoms with E-state index in [1.165, 1.54) is 11.3 Å². The van der Waals surface area contributed by atoms with Crippen LogP contribution in [0.25, 0.3) is 32.1 Å². The van der Waals surface area contributed by atoms with E-state index in [-0.39, 0.29) is 5.56 Å².